The van der Waals surface area contributed by atoms with Gasteiger partial charge in [-0.25, -0.2) is 8.42 Å². The lowest BCUT2D eigenvalue weighted by Gasteiger charge is -2.10. The fraction of sp³-hybridized carbons (Fsp3) is 0.462. The van der Waals surface area contributed by atoms with E-state index in [1.165, 1.54) is 0 Å². The van der Waals surface area contributed by atoms with Gasteiger partial charge in [-0.05, 0) is 30.5 Å². The summed E-state index contributed by atoms with van der Waals surface area (Å²) in [4.78, 5) is 11.7. The van der Waals surface area contributed by atoms with Crippen LogP contribution in [0.5, 0.6) is 0 Å². The quantitative estimate of drug-likeness (QED) is 0.812. The Morgan fingerprint density at radius 1 is 1.35 bits per heavy atom. The van der Waals surface area contributed by atoms with Crippen molar-refractivity contribution >= 4 is 39.5 Å². The number of rotatable bonds is 5. The fourth-order valence-corrected chi connectivity index (χ4v) is 3.33. The Bertz CT molecular complexity index is 571. The molecule has 3 N–H and O–H groups in total. The van der Waals surface area contributed by atoms with Crippen LogP contribution >= 0.6 is 12.4 Å². The minimum Gasteiger partial charge on any atom is -0.399 e. The molecule has 0 bridgehead atoms. The molecule has 0 radical (unpaired) electrons. The third-order valence-electron chi connectivity index (χ3n) is 2.47. The number of halogens is 1. The van der Waals surface area contributed by atoms with E-state index in [0.717, 1.165) is 5.56 Å². The molecule has 0 saturated carbocycles. The lowest BCUT2D eigenvalue weighted by atomic mass is 10.2. The van der Waals surface area contributed by atoms with Crippen molar-refractivity contribution < 1.29 is 13.2 Å². The van der Waals surface area contributed by atoms with Crippen LogP contribution in [-0.2, 0) is 14.6 Å². The largest absolute Gasteiger partial charge is 0.399 e. The number of aryl methyl sites for hydroxylation is 1. The van der Waals surface area contributed by atoms with E-state index in [1.807, 2.05) is 6.92 Å². The molecule has 1 aromatic rings. The number of nitrogens with one attached hydrogen (secondary N) is 1. The lowest BCUT2D eigenvalue weighted by Crippen LogP contribution is -2.26. The van der Waals surface area contributed by atoms with Crippen LogP contribution in [0.2, 0.25) is 0 Å². The van der Waals surface area contributed by atoms with E-state index in [0.29, 0.717) is 11.4 Å². The standard InChI is InChI=1S/C13H20N2O3S.ClH/c1-9(2)7-19(17,18)8-13(16)15-12-6-11(14)5-4-10(12)3;/h4-6,9H,7-8,14H2,1-3H3,(H,15,16);1H. The van der Waals surface area contributed by atoms with Crippen molar-refractivity contribution in [1.82, 2.24) is 0 Å². The number of carbonyl (C=O) groups is 1. The van der Waals surface area contributed by atoms with Gasteiger partial charge in [-0.1, -0.05) is 19.9 Å². The van der Waals surface area contributed by atoms with Gasteiger partial charge in [0.1, 0.15) is 5.75 Å². The summed E-state index contributed by atoms with van der Waals surface area (Å²) < 4.78 is 23.4. The highest BCUT2D eigenvalue weighted by Gasteiger charge is 2.18. The second kappa shape index (κ2) is 7.50. The number of nitrogen functional groups attached to an aromatic ring is 1. The molecule has 0 aliphatic rings. The van der Waals surface area contributed by atoms with Gasteiger partial charge in [0.05, 0.1) is 5.75 Å². The van der Waals surface area contributed by atoms with Crippen LogP contribution in [0, 0.1) is 12.8 Å². The molecule has 0 saturated heterocycles. The van der Waals surface area contributed by atoms with Crippen molar-refractivity contribution in [3.05, 3.63) is 23.8 Å². The summed E-state index contributed by atoms with van der Waals surface area (Å²) in [7, 11) is -3.37. The van der Waals surface area contributed by atoms with Crippen molar-refractivity contribution in [1.29, 1.82) is 0 Å². The van der Waals surface area contributed by atoms with Gasteiger partial charge in [-0.2, -0.15) is 0 Å². The predicted octanol–water partition coefficient (Wildman–Crippen LogP) is 2.01. The summed E-state index contributed by atoms with van der Waals surface area (Å²) in [5, 5.41) is 2.58. The molecule has 1 aromatic carbocycles. The molecular formula is C13H21ClN2O3S. The first-order valence-electron chi connectivity index (χ1n) is 6.06. The third kappa shape index (κ3) is 6.25. The molecule has 1 amide bonds. The normalized spacial score (nSPS) is 11.0. The highest BCUT2D eigenvalue weighted by molar-refractivity contribution is 7.92. The number of anilines is 2. The lowest BCUT2D eigenvalue weighted by molar-refractivity contribution is -0.113. The van der Waals surface area contributed by atoms with E-state index < -0.39 is 21.5 Å². The topological polar surface area (TPSA) is 89.3 Å². The SMILES string of the molecule is Cc1ccc(N)cc1NC(=O)CS(=O)(=O)CC(C)C.Cl. The molecule has 20 heavy (non-hydrogen) atoms. The van der Waals surface area contributed by atoms with E-state index in [-0.39, 0.29) is 24.1 Å². The molecule has 5 nitrogen and oxygen atoms in total. The minimum atomic E-state index is -3.37. The molecule has 0 heterocycles. The van der Waals surface area contributed by atoms with Crippen LogP contribution in [0.15, 0.2) is 18.2 Å². The molecule has 0 fully saturated rings. The Hall–Kier alpha value is -1.27. The average molecular weight is 321 g/mol. The second-order valence-corrected chi connectivity index (χ2v) is 7.18. The number of hydrogen-bond acceptors (Lipinski definition) is 4. The maximum atomic E-state index is 11.7. The Kier molecular flexibility index (Phi) is 7.02. The summed E-state index contributed by atoms with van der Waals surface area (Å²) in [6.45, 7) is 5.42. The zero-order chi connectivity index (χ0) is 14.6. The van der Waals surface area contributed by atoms with Gasteiger partial charge >= 0.3 is 0 Å². The summed E-state index contributed by atoms with van der Waals surface area (Å²) in [5.41, 5.74) is 7.53. The van der Waals surface area contributed by atoms with Gasteiger partial charge in [0.25, 0.3) is 0 Å². The van der Waals surface area contributed by atoms with E-state index in [2.05, 4.69) is 5.32 Å². The molecule has 0 spiro atoms. The minimum absolute atomic E-state index is 0. The number of amides is 1. The smallest absolute Gasteiger partial charge is 0.239 e. The van der Waals surface area contributed by atoms with Crippen molar-refractivity contribution in [2.75, 3.05) is 22.6 Å². The number of sulfone groups is 1. The van der Waals surface area contributed by atoms with Gasteiger partial charge in [0.15, 0.2) is 9.84 Å². The molecule has 0 atom stereocenters. The van der Waals surface area contributed by atoms with Gasteiger partial charge < -0.3 is 11.1 Å². The van der Waals surface area contributed by atoms with Gasteiger partial charge in [0, 0.05) is 11.4 Å². The summed E-state index contributed by atoms with van der Waals surface area (Å²) in [5.74, 6) is -1.02. The van der Waals surface area contributed by atoms with Crippen molar-refractivity contribution in [3.63, 3.8) is 0 Å². The van der Waals surface area contributed by atoms with E-state index >= 15 is 0 Å². The molecule has 1 rings (SSSR count). The maximum absolute atomic E-state index is 11.7. The van der Waals surface area contributed by atoms with Gasteiger partial charge in [0.2, 0.25) is 5.91 Å². The molecular weight excluding hydrogens is 300 g/mol. The Morgan fingerprint density at radius 2 is 1.95 bits per heavy atom. The van der Waals surface area contributed by atoms with E-state index in [1.54, 1.807) is 32.0 Å². The number of nitrogens with two attached hydrogens (primary N) is 1. The van der Waals surface area contributed by atoms with Crippen molar-refractivity contribution in [2.24, 2.45) is 5.92 Å². The summed E-state index contributed by atoms with van der Waals surface area (Å²) in [6.07, 6.45) is 0. The Morgan fingerprint density at radius 3 is 2.50 bits per heavy atom. The maximum Gasteiger partial charge on any atom is 0.239 e. The average Bonchev–Trinajstić information content (AvgIpc) is 2.20. The van der Waals surface area contributed by atoms with Gasteiger partial charge in [-0.15, -0.1) is 12.4 Å². The number of hydrogen-bond donors (Lipinski definition) is 2. The highest BCUT2D eigenvalue weighted by atomic mass is 35.5. The van der Waals surface area contributed by atoms with Gasteiger partial charge in [-0.3, -0.25) is 4.79 Å². The zero-order valence-corrected chi connectivity index (χ0v) is 13.5. The van der Waals surface area contributed by atoms with Crippen molar-refractivity contribution in [2.45, 2.75) is 20.8 Å². The first kappa shape index (κ1) is 18.7. The van der Waals surface area contributed by atoms with Crippen LogP contribution in [0.1, 0.15) is 19.4 Å². The first-order valence-corrected chi connectivity index (χ1v) is 7.88. The van der Waals surface area contributed by atoms with Crippen LogP contribution in [0.3, 0.4) is 0 Å². The Labute approximate surface area is 126 Å². The van der Waals surface area contributed by atoms with Crippen molar-refractivity contribution in [3.8, 4) is 0 Å². The molecule has 7 heteroatoms. The van der Waals surface area contributed by atoms with Crippen LogP contribution in [0.4, 0.5) is 11.4 Å². The monoisotopic (exact) mass is 320 g/mol. The fourth-order valence-electron chi connectivity index (χ4n) is 1.73. The van der Waals surface area contributed by atoms with Crippen LogP contribution < -0.4 is 11.1 Å². The highest BCUT2D eigenvalue weighted by Crippen LogP contribution is 2.18. The third-order valence-corrected chi connectivity index (χ3v) is 4.35. The molecule has 114 valence electrons. The van der Waals surface area contributed by atoms with E-state index in [9.17, 15) is 13.2 Å². The summed E-state index contributed by atoms with van der Waals surface area (Å²) in [6, 6.07) is 5.11. The Balaban J connectivity index is 0.00000361. The first-order chi connectivity index (χ1) is 8.69. The zero-order valence-electron chi connectivity index (χ0n) is 11.8. The summed E-state index contributed by atoms with van der Waals surface area (Å²) >= 11 is 0. The number of benzene rings is 1. The van der Waals surface area contributed by atoms with Crippen LogP contribution in [0.25, 0.3) is 0 Å². The molecule has 0 unspecified atom stereocenters. The molecule has 0 aliphatic heterocycles. The van der Waals surface area contributed by atoms with Crippen LogP contribution in [-0.4, -0.2) is 25.8 Å². The molecule has 0 aromatic heterocycles. The molecule has 0 aliphatic carbocycles. The second-order valence-electron chi connectivity index (χ2n) is 5.07. The number of carbonyl (C=O) groups excluding carboxylic acids is 1. The predicted molar refractivity (Wildman–Crippen MR) is 85.0 cm³/mol. The van der Waals surface area contributed by atoms with E-state index in [4.69, 9.17) is 5.73 Å².